The van der Waals surface area contributed by atoms with Gasteiger partial charge in [0.15, 0.2) is 0 Å². The predicted octanol–water partition coefficient (Wildman–Crippen LogP) is 2.68. The summed E-state index contributed by atoms with van der Waals surface area (Å²) in [6, 6.07) is 7.47. The Morgan fingerprint density at radius 1 is 1.50 bits per heavy atom. The Morgan fingerprint density at radius 2 is 2.19 bits per heavy atom. The molecule has 0 aliphatic rings. The molecule has 0 heterocycles. The molecule has 0 spiro atoms. The molecule has 0 aromatic heterocycles. The van der Waals surface area contributed by atoms with Crippen molar-refractivity contribution < 1.29 is 9.90 Å². The minimum absolute atomic E-state index is 0.484. The SMILES string of the molecule is CCCN(c1cccc(C)c1)[C@@H](C)C(=O)O. The zero-order chi connectivity index (χ0) is 12.1. The molecule has 0 aliphatic heterocycles. The van der Waals surface area contributed by atoms with E-state index in [0.717, 1.165) is 24.2 Å². The number of nitrogens with zero attached hydrogens (tertiary/aromatic N) is 1. The van der Waals surface area contributed by atoms with Crippen LogP contribution in [0.2, 0.25) is 0 Å². The maximum Gasteiger partial charge on any atom is 0.326 e. The van der Waals surface area contributed by atoms with Gasteiger partial charge in [-0.2, -0.15) is 0 Å². The van der Waals surface area contributed by atoms with Crippen LogP contribution in [0.25, 0.3) is 0 Å². The number of rotatable bonds is 5. The summed E-state index contributed by atoms with van der Waals surface area (Å²) in [4.78, 5) is 13.0. The summed E-state index contributed by atoms with van der Waals surface area (Å²) in [5.74, 6) is -0.782. The first-order chi connectivity index (χ1) is 7.56. The summed E-state index contributed by atoms with van der Waals surface area (Å²) in [7, 11) is 0. The molecule has 0 amide bonds. The average Bonchev–Trinajstić information content (AvgIpc) is 2.24. The second kappa shape index (κ2) is 5.54. The number of hydrogen-bond donors (Lipinski definition) is 1. The zero-order valence-electron chi connectivity index (χ0n) is 10.1. The molecule has 1 rings (SSSR count). The summed E-state index contributed by atoms with van der Waals surface area (Å²) in [5.41, 5.74) is 2.13. The van der Waals surface area contributed by atoms with Gasteiger partial charge >= 0.3 is 5.97 Å². The lowest BCUT2D eigenvalue weighted by Crippen LogP contribution is -2.39. The Hall–Kier alpha value is -1.51. The van der Waals surface area contributed by atoms with Crippen LogP contribution in [0, 0.1) is 6.92 Å². The Balaban J connectivity index is 2.97. The molecule has 3 heteroatoms. The molecule has 3 nitrogen and oxygen atoms in total. The molecule has 1 aromatic carbocycles. The molecule has 0 bridgehead atoms. The van der Waals surface area contributed by atoms with Crippen molar-refractivity contribution in [3.05, 3.63) is 29.8 Å². The molecule has 1 atom stereocenters. The van der Waals surface area contributed by atoms with Gasteiger partial charge in [-0.3, -0.25) is 0 Å². The van der Waals surface area contributed by atoms with Gasteiger partial charge in [0.1, 0.15) is 6.04 Å². The molecule has 0 fully saturated rings. The maximum absolute atomic E-state index is 11.0. The quantitative estimate of drug-likeness (QED) is 0.831. The van der Waals surface area contributed by atoms with Crippen LogP contribution in [0.15, 0.2) is 24.3 Å². The highest BCUT2D eigenvalue weighted by Crippen LogP contribution is 2.19. The van der Waals surface area contributed by atoms with E-state index in [4.69, 9.17) is 5.11 Å². The molecular formula is C13H19NO2. The van der Waals surface area contributed by atoms with E-state index in [1.807, 2.05) is 36.1 Å². The molecule has 16 heavy (non-hydrogen) atoms. The topological polar surface area (TPSA) is 40.5 Å². The molecular weight excluding hydrogens is 202 g/mol. The number of benzene rings is 1. The lowest BCUT2D eigenvalue weighted by Gasteiger charge is -2.28. The van der Waals surface area contributed by atoms with Crippen molar-refractivity contribution in [2.45, 2.75) is 33.2 Å². The Bertz CT molecular complexity index is 363. The largest absolute Gasteiger partial charge is 0.480 e. The third kappa shape index (κ3) is 2.99. The van der Waals surface area contributed by atoms with E-state index in [9.17, 15) is 4.79 Å². The van der Waals surface area contributed by atoms with Crippen molar-refractivity contribution in [3.63, 3.8) is 0 Å². The van der Waals surface area contributed by atoms with E-state index >= 15 is 0 Å². The van der Waals surface area contributed by atoms with Crippen LogP contribution in [0.4, 0.5) is 5.69 Å². The summed E-state index contributed by atoms with van der Waals surface area (Å²) in [6.45, 7) is 6.55. The minimum Gasteiger partial charge on any atom is -0.480 e. The van der Waals surface area contributed by atoms with E-state index in [-0.39, 0.29) is 0 Å². The van der Waals surface area contributed by atoms with Crippen molar-refractivity contribution in [1.29, 1.82) is 0 Å². The lowest BCUT2D eigenvalue weighted by molar-refractivity contribution is -0.138. The zero-order valence-corrected chi connectivity index (χ0v) is 10.1. The Kier molecular flexibility index (Phi) is 4.35. The Labute approximate surface area is 96.7 Å². The summed E-state index contributed by atoms with van der Waals surface area (Å²) >= 11 is 0. The van der Waals surface area contributed by atoms with Gasteiger partial charge in [0.2, 0.25) is 0 Å². The Morgan fingerprint density at radius 3 is 2.69 bits per heavy atom. The van der Waals surface area contributed by atoms with Crippen LogP contribution in [0.5, 0.6) is 0 Å². The molecule has 1 N–H and O–H groups in total. The first-order valence-corrected chi connectivity index (χ1v) is 5.62. The van der Waals surface area contributed by atoms with Crippen molar-refractivity contribution in [3.8, 4) is 0 Å². The molecule has 0 saturated heterocycles. The van der Waals surface area contributed by atoms with Crippen LogP contribution in [-0.2, 0) is 4.79 Å². The van der Waals surface area contributed by atoms with Gasteiger partial charge in [0.05, 0.1) is 0 Å². The normalized spacial score (nSPS) is 12.2. The fraction of sp³-hybridized carbons (Fsp3) is 0.462. The molecule has 0 aliphatic carbocycles. The van der Waals surface area contributed by atoms with Crippen LogP contribution in [-0.4, -0.2) is 23.7 Å². The molecule has 88 valence electrons. The molecule has 0 unspecified atom stereocenters. The highest BCUT2D eigenvalue weighted by atomic mass is 16.4. The van der Waals surface area contributed by atoms with E-state index < -0.39 is 12.0 Å². The average molecular weight is 221 g/mol. The number of carboxylic acids is 1. The molecule has 0 radical (unpaired) electrons. The number of carbonyl (C=O) groups is 1. The standard InChI is InChI=1S/C13H19NO2/c1-4-8-14(11(3)13(15)16)12-7-5-6-10(2)9-12/h5-7,9,11H,4,8H2,1-3H3,(H,15,16)/t11-/m0/s1. The van der Waals surface area contributed by atoms with Gasteiger partial charge in [0.25, 0.3) is 0 Å². The predicted molar refractivity (Wildman–Crippen MR) is 65.9 cm³/mol. The van der Waals surface area contributed by atoms with E-state index in [0.29, 0.717) is 0 Å². The van der Waals surface area contributed by atoms with Gasteiger partial charge in [-0.15, -0.1) is 0 Å². The van der Waals surface area contributed by atoms with Gasteiger partial charge in [0, 0.05) is 12.2 Å². The lowest BCUT2D eigenvalue weighted by atomic mass is 10.1. The van der Waals surface area contributed by atoms with Crippen LogP contribution in [0.3, 0.4) is 0 Å². The first kappa shape index (κ1) is 12.6. The van der Waals surface area contributed by atoms with Gasteiger partial charge in [-0.1, -0.05) is 19.1 Å². The number of carboxylic acid groups (broad SMARTS) is 1. The highest BCUT2D eigenvalue weighted by Gasteiger charge is 2.19. The smallest absolute Gasteiger partial charge is 0.326 e. The second-order valence-corrected chi connectivity index (χ2v) is 4.05. The first-order valence-electron chi connectivity index (χ1n) is 5.62. The van der Waals surface area contributed by atoms with Crippen LogP contribution in [0.1, 0.15) is 25.8 Å². The molecule has 0 saturated carbocycles. The summed E-state index contributed by atoms with van der Waals surface area (Å²) < 4.78 is 0. The highest BCUT2D eigenvalue weighted by molar-refractivity contribution is 5.77. The van der Waals surface area contributed by atoms with Crippen molar-refractivity contribution in [2.75, 3.05) is 11.4 Å². The monoisotopic (exact) mass is 221 g/mol. The summed E-state index contributed by atoms with van der Waals surface area (Å²) in [5, 5.41) is 9.07. The second-order valence-electron chi connectivity index (χ2n) is 4.05. The third-order valence-electron chi connectivity index (χ3n) is 2.62. The van der Waals surface area contributed by atoms with Crippen molar-refractivity contribution in [2.24, 2.45) is 0 Å². The minimum atomic E-state index is -0.782. The fourth-order valence-corrected chi connectivity index (χ4v) is 1.73. The number of anilines is 1. The van der Waals surface area contributed by atoms with Crippen molar-refractivity contribution >= 4 is 11.7 Å². The van der Waals surface area contributed by atoms with Crippen LogP contribution < -0.4 is 4.90 Å². The van der Waals surface area contributed by atoms with E-state index in [2.05, 4.69) is 6.92 Å². The number of hydrogen-bond acceptors (Lipinski definition) is 2. The summed E-state index contributed by atoms with van der Waals surface area (Å²) in [6.07, 6.45) is 0.936. The maximum atomic E-state index is 11.0. The van der Waals surface area contributed by atoms with Gasteiger partial charge < -0.3 is 10.0 Å². The van der Waals surface area contributed by atoms with Crippen LogP contribution >= 0.6 is 0 Å². The third-order valence-corrected chi connectivity index (χ3v) is 2.62. The number of aryl methyl sites for hydroxylation is 1. The van der Waals surface area contributed by atoms with Crippen molar-refractivity contribution in [1.82, 2.24) is 0 Å². The van der Waals surface area contributed by atoms with E-state index in [1.165, 1.54) is 0 Å². The fourth-order valence-electron chi connectivity index (χ4n) is 1.73. The van der Waals surface area contributed by atoms with Gasteiger partial charge in [-0.25, -0.2) is 4.79 Å². The van der Waals surface area contributed by atoms with Gasteiger partial charge in [-0.05, 0) is 38.0 Å². The molecule has 1 aromatic rings. The van der Waals surface area contributed by atoms with E-state index in [1.54, 1.807) is 6.92 Å². The number of aliphatic carboxylic acids is 1.